The summed E-state index contributed by atoms with van der Waals surface area (Å²) in [6.07, 6.45) is 4.45. The quantitative estimate of drug-likeness (QED) is 0.493. The number of pyridine rings is 1. The van der Waals surface area contributed by atoms with E-state index < -0.39 is 0 Å². The summed E-state index contributed by atoms with van der Waals surface area (Å²) in [6.45, 7) is 1.15. The van der Waals surface area contributed by atoms with Gasteiger partial charge in [-0.2, -0.15) is 5.10 Å². The molecule has 3 heterocycles. The summed E-state index contributed by atoms with van der Waals surface area (Å²) < 4.78 is 3.16. The molecule has 4 aromatic rings. The third-order valence-corrected chi connectivity index (χ3v) is 4.64. The average Bonchev–Trinajstić information content (AvgIpc) is 3.15. The van der Waals surface area contributed by atoms with Gasteiger partial charge in [0.1, 0.15) is 16.9 Å². The van der Waals surface area contributed by atoms with Crippen molar-refractivity contribution in [2.24, 2.45) is 0 Å². The maximum absolute atomic E-state index is 12.7. The second-order valence-electron chi connectivity index (χ2n) is 6.39. The lowest BCUT2D eigenvalue weighted by Crippen LogP contribution is -2.28. The molecule has 0 aliphatic rings. The molecule has 0 saturated carbocycles. The van der Waals surface area contributed by atoms with Crippen LogP contribution < -0.4 is 10.9 Å². The summed E-state index contributed by atoms with van der Waals surface area (Å²) in [5.74, 6) is -0.260. The molecule has 0 unspecified atom stereocenters. The van der Waals surface area contributed by atoms with Crippen molar-refractivity contribution in [3.63, 3.8) is 0 Å². The van der Waals surface area contributed by atoms with Gasteiger partial charge in [0.05, 0.1) is 24.8 Å². The molecule has 3 aromatic heterocycles. The molecule has 0 fully saturated rings. The molecule has 1 amide bonds. The summed E-state index contributed by atoms with van der Waals surface area (Å²) in [6, 6.07) is 12.9. The monoisotopic (exact) mass is 408 g/mol. The van der Waals surface area contributed by atoms with E-state index in [2.05, 4.69) is 20.4 Å². The highest BCUT2D eigenvalue weighted by Gasteiger charge is 2.11. The number of hydrogen-bond acceptors (Lipinski definition) is 5. The highest BCUT2D eigenvalue weighted by atomic mass is 35.5. The van der Waals surface area contributed by atoms with Gasteiger partial charge in [-0.15, -0.1) is 0 Å². The highest BCUT2D eigenvalue weighted by Crippen LogP contribution is 2.08. The van der Waals surface area contributed by atoms with E-state index in [1.807, 2.05) is 30.3 Å². The molecule has 1 aromatic carbocycles. The fraction of sp³-hybridized carbons (Fsp3) is 0.150. The van der Waals surface area contributed by atoms with Crippen LogP contribution in [0.2, 0.25) is 5.15 Å². The van der Waals surface area contributed by atoms with Gasteiger partial charge in [0.15, 0.2) is 5.65 Å². The first-order valence-electron chi connectivity index (χ1n) is 8.96. The second kappa shape index (κ2) is 8.24. The molecule has 29 heavy (non-hydrogen) atoms. The third-order valence-electron chi connectivity index (χ3n) is 4.42. The first kappa shape index (κ1) is 18.8. The number of carbonyl (C=O) groups is 1. The fourth-order valence-electron chi connectivity index (χ4n) is 2.94. The number of rotatable bonds is 6. The van der Waals surface area contributed by atoms with Crippen LogP contribution in [0.3, 0.4) is 0 Å². The largest absolute Gasteiger partial charge is 0.350 e. The Balaban J connectivity index is 1.45. The van der Waals surface area contributed by atoms with Gasteiger partial charge in [-0.25, -0.2) is 14.6 Å². The molecule has 0 saturated heterocycles. The van der Waals surface area contributed by atoms with E-state index in [0.717, 1.165) is 5.56 Å². The van der Waals surface area contributed by atoms with Gasteiger partial charge in [0.2, 0.25) is 0 Å². The summed E-state index contributed by atoms with van der Waals surface area (Å²) in [4.78, 5) is 33.1. The summed E-state index contributed by atoms with van der Waals surface area (Å²) in [5.41, 5.74) is 1.77. The number of amides is 1. The van der Waals surface area contributed by atoms with Crippen LogP contribution in [0.4, 0.5) is 0 Å². The number of benzene rings is 1. The molecule has 0 bridgehead atoms. The molecular formula is C20H17ClN6O2. The number of nitrogens with one attached hydrogen (secondary N) is 1. The van der Waals surface area contributed by atoms with E-state index in [1.54, 1.807) is 21.4 Å². The summed E-state index contributed by atoms with van der Waals surface area (Å²) in [7, 11) is 0. The van der Waals surface area contributed by atoms with Crippen LogP contribution in [0.25, 0.3) is 11.0 Å². The van der Waals surface area contributed by atoms with Gasteiger partial charge >= 0.3 is 0 Å². The first-order valence-corrected chi connectivity index (χ1v) is 9.34. The highest BCUT2D eigenvalue weighted by molar-refractivity contribution is 6.29. The molecule has 0 aliphatic heterocycles. The third kappa shape index (κ3) is 4.17. The van der Waals surface area contributed by atoms with Gasteiger partial charge < -0.3 is 5.32 Å². The van der Waals surface area contributed by atoms with Gasteiger partial charge in [0, 0.05) is 12.7 Å². The van der Waals surface area contributed by atoms with E-state index in [1.165, 1.54) is 18.7 Å². The molecule has 0 atom stereocenters. The Kier molecular flexibility index (Phi) is 5.35. The molecule has 0 radical (unpaired) electrons. The SMILES string of the molecule is O=C(NCCn1ncc2c(=O)n(Cc3ccccc3)cnc21)c1ccc(Cl)nc1. The van der Waals surface area contributed by atoms with Gasteiger partial charge in [-0.1, -0.05) is 41.9 Å². The van der Waals surface area contributed by atoms with Crippen LogP contribution in [-0.4, -0.2) is 36.8 Å². The number of aromatic nitrogens is 5. The zero-order valence-corrected chi connectivity index (χ0v) is 16.1. The molecule has 8 nitrogen and oxygen atoms in total. The van der Waals surface area contributed by atoms with Crippen molar-refractivity contribution >= 4 is 28.5 Å². The summed E-state index contributed by atoms with van der Waals surface area (Å²) >= 11 is 5.72. The van der Waals surface area contributed by atoms with E-state index in [0.29, 0.717) is 41.4 Å². The predicted molar refractivity (Wildman–Crippen MR) is 109 cm³/mol. The number of fused-ring (bicyclic) bond motifs is 1. The van der Waals surface area contributed by atoms with Crippen molar-refractivity contribution in [2.75, 3.05) is 6.54 Å². The van der Waals surface area contributed by atoms with Crippen LogP contribution >= 0.6 is 11.6 Å². The van der Waals surface area contributed by atoms with E-state index in [9.17, 15) is 9.59 Å². The normalized spacial score (nSPS) is 10.9. The Hall–Kier alpha value is -3.52. The van der Waals surface area contributed by atoms with E-state index >= 15 is 0 Å². The van der Waals surface area contributed by atoms with Gasteiger partial charge in [-0.3, -0.25) is 14.2 Å². The predicted octanol–water partition coefficient (Wildman–Crippen LogP) is 2.12. The number of hydrogen-bond donors (Lipinski definition) is 1. The lowest BCUT2D eigenvalue weighted by Gasteiger charge is -2.07. The van der Waals surface area contributed by atoms with Crippen LogP contribution in [0.5, 0.6) is 0 Å². The molecule has 1 N–H and O–H groups in total. The smallest absolute Gasteiger partial charge is 0.264 e. The molecule has 4 rings (SSSR count). The standard InChI is InChI=1S/C20H17ClN6O2/c21-17-7-6-15(10-23-17)19(28)22-8-9-27-18-16(11-25-27)20(29)26(13-24-18)12-14-4-2-1-3-5-14/h1-7,10-11,13H,8-9,12H2,(H,22,28). The maximum atomic E-state index is 12.7. The van der Waals surface area contributed by atoms with Crippen LogP contribution in [0, 0.1) is 0 Å². The van der Waals surface area contributed by atoms with E-state index in [-0.39, 0.29) is 11.5 Å². The Morgan fingerprint density at radius 3 is 2.66 bits per heavy atom. The van der Waals surface area contributed by atoms with Crippen molar-refractivity contribution in [1.82, 2.24) is 29.6 Å². The molecule has 9 heteroatoms. The van der Waals surface area contributed by atoms with Crippen molar-refractivity contribution in [1.29, 1.82) is 0 Å². The Morgan fingerprint density at radius 2 is 1.90 bits per heavy atom. The van der Waals surface area contributed by atoms with Crippen LogP contribution in [-0.2, 0) is 13.1 Å². The van der Waals surface area contributed by atoms with Crippen molar-refractivity contribution in [3.8, 4) is 0 Å². The number of carbonyl (C=O) groups excluding carboxylic acids is 1. The molecule has 0 spiro atoms. The fourth-order valence-corrected chi connectivity index (χ4v) is 3.05. The minimum absolute atomic E-state index is 0.152. The number of nitrogens with zero attached hydrogens (tertiary/aromatic N) is 5. The number of halogens is 1. The zero-order valence-electron chi connectivity index (χ0n) is 15.3. The van der Waals surface area contributed by atoms with Crippen LogP contribution in [0.1, 0.15) is 15.9 Å². The van der Waals surface area contributed by atoms with Crippen molar-refractivity contribution < 1.29 is 4.79 Å². The Labute approximate surface area is 170 Å². The Bertz CT molecular complexity index is 1200. The molecule has 0 aliphatic carbocycles. The minimum Gasteiger partial charge on any atom is -0.350 e. The van der Waals surface area contributed by atoms with Gasteiger partial charge in [0.25, 0.3) is 11.5 Å². The maximum Gasteiger partial charge on any atom is 0.264 e. The summed E-state index contributed by atoms with van der Waals surface area (Å²) in [5, 5.41) is 7.80. The topological polar surface area (TPSA) is 94.7 Å². The van der Waals surface area contributed by atoms with Gasteiger partial charge in [-0.05, 0) is 17.7 Å². The minimum atomic E-state index is -0.260. The second-order valence-corrected chi connectivity index (χ2v) is 6.78. The molecular weight excluding hydrogens is 392 g/mol. The average molecular weight is 409 g/mol. The van der Waals surface area contributed by atoms with Crippen LogP contribution in [0.15, 0.2) is 66.0 Å². The lowest BCUT2D eigenvalue weighted by atomic mass is 10.2. The Morgan fingerprint density at radius 1 is 1.07 bits per heavy atom. The lowest BCUT2D eigenvalue weighted by molar-refractivity contribution is 0.0951. The van der Waals surface area contributed by atoms with Crippen molar-refractivity contribution in [2.45, 2.75) is 13.1 Å². The molecule has 146 valence electrons. The van der Waals surface area contributed by atoms with E-state index in [4.69, 9.17) is 11.6 Å². The zero-order chi connectivity index (χ0) is 20.2. The van der Waals surface area contributed by atoms with Crippen molar-refractivity contribution in [3.05, 3.63) is 87.8 Å². The first-order chi connectivity index (χ1) is 14.1.